The number of carbonyl (C=O) groups excluding carboxylic acids is 1. The summed E-state index contributed by atoms with van der Waals surface area (Å²) in [6.45, 7) is 0. The summed E-state index contributed by atoms with van der Waals surface area (Å²) in [5, 5.41) is 0.379. The average Bonchev–Trinajstić information content (AvgIpc) is 2.56. The Bertz CT molecular complexity index is 798. The number of para-hydroxylation sites is 1. The minimum atomic E-state index is 0.379. The molecular weight excluding hydrogens is 296 g/mol. The van der Waals surface area contributed by atoms with Crippen LogP contribution in [0.25, 0.3) is 11.1 Å². The van der Waals surface area contributed by atoms with Gasteiger partial charge in [-0.25, -0.2) is 0 Å². The van der Waals surface area contributed by atoms with Crippen LogP contribution >= 0.6 is 11.6 Å². The van der Waals surface area contributed by atoms with E-state index in [1.165, 1.54) is 0 Å². The molecule has 3 aromatic carbocycles. The molecule has 22 heavy (non-hydrogen) atoms. The molecule has 0 heterocycles. The van der Waals surface area contributed by atoms with Crippen LogP contribution in [0.5, 0.6) is 11.5 Å². The molecule has 3 rings (SSSR count). The van der Waals surface area contributed by atoms with Crippen LogP contribution in [0.15, 0.2) is 72.8 Å². The van der Waals surface area contributed by atoms with Crippen molar-refractivity contribution in [2.24, 2.45) is 0 Å². The topological polar surface area (TPSA) is 26.3 Å². The summed E-state index contributed by atoms with van der Waals surface area (Å²) in [6, 6.07) is 22.8. The average molecular weight is 309 g/mol. The number of rotatable bonds is 4. The maximum Gasteiger partial charge on any atom is 0.151 e. The molecule has 0 atom stereocenters. The van der Waals surface area contributed by atoms with Gasteiger partial charge in [-0.3, -0.25) is 4.79 Å². The third-order valence-electron chi connectivity index (χ3n) is 3.30. The summed E-state index contributed by atoms with van der Waals surface area (Å²) in [7, 11) is 0. The van der Waals surface area contributed by atoms with Gasteiger partial charge in [0.05, 0.1) is 5.02 Å². The predicted octanol–water partition coefficient (Wildman–Crippen LogP) is 5.61. The third-order valence-corrected chi connectivity index (χ3v) is 3.63. The van der Waals surface area contributed by atoms with Gasteiger partial charge >= 0.3 is 0 Å². The summed E-state index contributed by atoms with van der Waals surface area (Å²) in [5.74, 6) is 1.34. The van der Waals surface area contributed by atoms with Crippen molar-refractivity contribution in [1.82, 2.24) is 0 Å². The molecule has 0 aliphatic carbocycles. The molecule has 0 saturated heterocycles. The molecule has 0 bridgehead atoms. The molecule has 0 fully saturated rings. The van der Waals surface area contributed by atoms with Crippen LogP contribution in [0, 0.1) is 0 Å². The molecule has 0 aliphatic rings. The Morgan fingerprint density at radius 2 is 1.59 bits per heavy atom. The van der Waals surface area contributed by atoms with Gasteiger partial charge in [-0.05, 0) is 23.8 Å². The predicted molar refractivity (Wildman–Crippen MR) is 88.8 cm³/mol. The molecule has 3 aromatic rings. The molecule has 2 nitrogen and oxygen atoms in total. The van der Waals surface area contributed by atoms with Crippen molar-refractivity contribution in [3.8, 4) is 22.6 Å². The van der Waals surface area contributed by atoms with Crippen LogP contribution in [0.2, 0.25) is 5.02 Å². The molecule has 0 saturated carbocycles. The van der Waals surface area contributed by atoms with E-state index in [-0.39, 0.29) is 0 Å². The fraction of sp³-hybridized carbons (Fsp3) is 0. The van der Waals surface area contributed by atoms with Crippen molar-refractivity contribution in [2.45, 2.75) is 0 Å². The zero-order chi connectivity index (χ0) is 15.4. The number of hydrogen-bond acceptors (Lipinski definition) is 2. The van der Waals surface area contributed by atoms with Crippen molar-refractivity contribution in [3.05, 3.63) is 83.4 Å². The summed E-state index contributed by atoms with van der Waals surface area (Å²) in [5.41, 5.74) is 2.53. The van der Waals surface area contributed by atoms with Gasteiger partial charge in [0, 0.05) is 17.2 Å². The quantitative estimate of drug-likeness (QED) is 0.585. The lowest BCUT2D eigenvalue weighted by Crippen LogP contribution is -1.89. The van der Waals surface area contributed by atoms with Gasteiger partial charge in [-0.2, -0.15) is 0 Å². The van der Waals surface area contributed by atoms with Gasteiger partial charge in [-0.1, -0.05) is 60.1 Å². The van der Waals surface area contributed by atoms with Crippen LogP contribution in [0.1, 0.15) is 10.4 Å². The first kappa shape index (κ1) is 14.4. The van der Waals surface area contributed by atoms with E-state index in [1.54, 1.807) is 18.2 Å². The highest BCUT2D eigenvalue weighted by atomic mass is 35.5. The lowest BCUT2D eigenvalue weighted by Gasteiger charge is -2.12. The maximum absolute atomic E-state index is 10.8. The van der Waals surface area contributed by atoms with E-state index in [1.807, 2.05) is 54.6 Å². The minimum absolute atomic E-state index is 0.379. The number of aldehydes is 1. The molecule has 0 spiro atoms. The molecule has 0 unspecified atom stereocenters. The zero-order valence-electron chi connectivity index (χ0n) is 11.7. The first-order valence-corrected chi connectivity index (χ1v) is 7.23. The first-order chi connectivity index (χ1) is 10.8. The normalized spacial score (nSPS) is 10.2. The van der Waals surface area contributed by atoms with E-state index in [4.69, 9.17) is 16.3 Å². The fourth-order valence-electron chi connectivity index (χ4n) is 2.21. The summed E-state index contributed by atoms with van der Waals surface area (Å²) >= 11 is 6.04. The van der Waals surface area contributed by atoms with Crippen molar-refractivity contribution in [3.63, 3.8) is 0 Å². The summed E-state index contributed by atoms with van der Waals surface area (Å²) in [6.07, 6.45) is 0.726. The molecule has 0 amide bonds. The maximum atomic E-state index is 10.8. The van der Waals surface area contributed by atoms with Gasteiger partial charge in [0.1, 0.15) is 11.5 Å². The Morgan fingerprint density at radius 1 is 0.864 bits per heavy atom. The molecular formula is C19H13ClO2. The summed E-state index contributed by atoms with van der Waals surface area (Å²) in [4.78, 5) is 10.8. The Kier molecular flexibility index (Phi) is 4.22. The standard InChI is InChI=1S/C19H13ClO2/c20-18-12-16(11-10-15(18)13-21)22-19-9-5-4-8-17(19)14-6-2-1-3-7-14/h1-13H. The van der Waals surface area contributed by atoms with Gasteiger partial charge < -0.3 is 4.74 Å². The van der Waals surface area contributed by atoms with Crippen molar-refractivity contribution in [2.75, 3.05) is 0 Å². The molecule has 0 aliphatic heterocycles. The van der Waals surface area contributed by atoms with Crippen LogP contribution in [0.3, 0.4) is 0 Å². The van der Waals surface area contributed by atoms with Crippen molar-refractivity contribution < 1.29 is 9.53 Å². The number of benzene rings is 3. The molecule has 0 aromatic heterocycles. The molecule has 0 radical (unpaired) electrons. The van der Waals surface area contributed by atoms with E-state index in [0.717, 1.165) is 23.2 Å². The molecule has 108 valence electrons. The first-order valence-electron chi connectivity index (χ1n) is 6.85. The van der Waals surface area contributed by atoms with Crippen LogP contribution < -0.4 is 4.74 Å². The van der Waals surface area contributed by atoms with Gasteiger partial charge in [0.2, 0.25) is 0 Å². The Hall–Kier alpha value is -2.58. The fourth-order valence-corrected chi connectivity index (χ4v) is 2.42. The van der Waals surface area contributed by atoms with Crippen molar-refractivity contribution in [1.29, 1.82) is 0 Å². The van der Waals surface area contributed by atoms with E-state index < -0.39 is 0 Å². The van der Waals surface area contributed by atoms with Crippen LogP contribution in [0.4, 0.5) is 0 Å². The Balaban J connectivity index is 1.96. The highest BCUT2D eigenvalue weighted by Crippen LogP contribution is 2.34. The number of hydrogen-bond donors (Lipinski definition) is 0. The Morgan fingerprint density at radius 3 is 2.32 bits per heavy atom. The number of halogens is 1. The molecule has 0 N–H and O–H groups in total. The largest absolute Gasteiger partial charge is 0.457 e. The second-order valence-electron chi connectivity index (χ2n) is 4.77. The minimum Gasteiger partial charge on any atom is -0.457 e. The highest BCUT2D eigenvalue weighted by molar-refractivity contribution is 6.33. The highest BCUT2D eigenvalue weighted by Gasteiger charge is 2.08. The van der Waals surface area contributed by atoms with Gasteiger partial charge in [0.15, 0.2) is 6.29 Å². The van der Waals surface area contributed by atoms with E-state index in [2.05, 4.69) is 0 Å². The number of carbonyl (C=O) groups is 1. The Labute approximate surface area is 133 Å². The SMILES string of the molecule is O=Cc1ccc(Oc2ccccc2-c2ccccc2)cc1Cl. The van der Waals surface area contributed by atoms with E-state index in [0.29, 0.717) is 16.3 Å². The van der Waals surface area contributed by atoms with Crippen LogP contribution in [-0.2, 0) is 0 Å². The lowest BCUT2D eigenvalue weighted by molar-refractivity contribution is 0.112. The van der Waals surface area contributed by atoms with Crippen LogP contribution in [-0.4, -0.2) is 6.29 Å². The second-order valence-corrected chi connectivity index (χ2v) is 5.17. The monoisotopic (exact) mass is 308 g/mol. The third kappa shape index (κ3) is 3.02. The zero-order valence-corrected chi connectivity index (χ0v) is 12.5. The van der Waals surface area contributed by atoms with E-state index in [9.17, 15) is 4.79 Å². The summed E-state index contributed by atoms with van der Waals surface area (Å²) < 4.78 is 5.94. The van der Waals surface area contributed by atoms with Gasteiger partial charge in [-0.15, -0.1) is 0 Å². The second kappa shape index (κ2) is 6.46. The molecule has 3 heteroatoms. The van der Waals surface area contributed by atoms with Gasteiger partial charge in [0.25, 0.3) is 0 Å². The van der Waals surface area contributed by atoms with E-state index >= 15 is 0 Å². The lowest BCUT2D eigenvalue weighted by atomic mass is 10.0. The number of ether oxygens (including phenoxy) is 1. The van der Waals surface area contributed by atoms with Crippen molar-refractivity contribution >= 4 is 17.9 Å². The smallest absolute Gasteiger partial charge is 0.151 e.